The Labute approximate surface area is 125 Å². The van der Waals surface area contributed by atoms with E-state index < -0.39 is 10.0 Å². The molecule has 1 aromatic carbocycles. The summed E-state index contributed by atoms with van der Waals surface area (Å²) in [5.41, 5.74) is 0.453. The predicted octanol–water partition coefficient (Wildman–Crippen LogP) is 2.16. The number of halogens is 1. The third-order valence-corrected chi connectivity index (χ3v) is 4.44. The number of nitriles is 1. The van der Waals surface area contributed by atoms with Crippen molar-refractivity contribution in [1.29, 1.82) is 5.26 Å². The number of benzene rings is 1. The number of sulfonamides is 1. The average Bonchev–Trinajstić information content (AvgIpc) is 2.70. The number of nitrogens with zero attached hydrogens (tertiary/aromatic N) is 3. The van der Waals surface area contributed by atoms with Gasteiger partial charge in [-0.3, -0.25) is 4.72 Å². The minimum atomic E-state index is -3.82. The van der Waals surface area contributed by atoms with Gasteiger partial charge in [0.25, 0.3) is 10.0 Å². The molecule has 0 aliphatic carbocycles. The first-order valence-electron chi connectivity index (χ1n) is 5.56. The second kappa shape index (κ2) is 5.26. The van der Waals surface area contributed by atoms with Crippen LogP contribution in [0.2, 0.25) is 0 Å². The van der Waals surface area contributed by atoms with Crippen molar-refractivity contribution in [2.45, 2.75) is 11.9 Å². The van der Waals surface area contributed by atoms with Crippen LogP contribution >= 0.6 is 15.9 Å². The third-order valence-electron chi connectivity index (χ3n) is 2.71. The van der Waals surface area contributed by atoms with E-state index in [9.17, 15) is 8.42 Å². The number of aryl methyl sites for hydroxylation is 2. The summed E-state index contributed by atoms with van der Waals surface area (Å²) in [7, 11) is -2.11. The average molecular weight is 355 g/mol. The zero-order valence-electron chi connectivity index (χ0n) is 10.8. The maximum Gasteiger partial charge on any atom is 0.280 e. The lowest BCUT2D eigenvalue weighted by atomic mass is 10.2. The number of nitrogens with one attached hydrogen (secondary N) is 1. The summed E-state index contributed by atoms with van der Waals surface area (Å²) < 4.78 is 29.1. The molecule has 20 heavy (non-hydrogen) atoms. The van der Waals surface area contributed by atoms with Gasteiger partial charge >= 0.3 is 0 Å². The van der Waals surface area contributed by atoms with Gasteiger partial charge in [0, 0.05) is 17.7 Å². The van der Waals surface area contributed by atoms with Crippen molar-refractivity contribution in [1.82, 2.24) is 9.55 Å². The van der Waals surface area contributed by atoms with Gasteiger partial charge in [-0.15, -0.1) is 0 Å². The maximum absolute atomic E-state index is 12.2. The highest BCUT2D eigenvalue weighted by Crippen LogP contribution is 2.23. The van der Waals surface area contributed by atoms with Crippen molar-refractivity contribution in [2.24, 2.45) is 7.05 Å². The predicted molar refractivity (Wildman–Crippen MR) is 77.6 cm³/mol. The van der Waals surface area contributed by atoms with Gasteiger partial charge in [0.05, 0.1) is 11.3 Å². The second-order valence-electron chi connectivity index (χ2n) is 4.14. The van der Waals surface area contributed by atoms with E-state index in [1.54, 1.807) is 24.6 Å². The maximum atomic E-state index is 12.2. The van der Waals surface area contributed by atoms with Crippen LogP contribution in [0.1, 0.15) is 11.4 Å². The van der Waals surface area contributed by atoms with Gasteiger partial charge in [-0.25, -0.2) is 4.98 Å². The summed E-state index contributed by atoms with van der Waals surface area (Å²) in [5.74, 6) is 0.583. The fourth-order valence-corrected chi connectivity index (χ4v) is 3.02. The fraction of sp³-hybridized carbons (Fsp3) is 0.167. The van der Waals surface area contributed by atoms with Crippen molar-refractivity contribution in [2.75, 3.05) is 4.72 Å². The SMILES string of the molecule is Cc1nc(S(=O)(=O)Nc2cc(Br)ccc2C#N)cn1C. The summed E-state index contributed by atoms with van der Waals surface area (Å²) in [5, 5.41) is 8.92. The molecule has 2 aromatic rings. The third kappa shape index (κ3) is 2.84. The highest BCUT2D eigenvalue weighted by atomic mass is 79.9. The Morgan fingerprint density at radius 1 is 1.45 bits per heavy atom. The Kier molecular flexibility index (Phi) is 3.83. The summed E-state index contributed by atoms with van der Waals surface area (Å²) in [6, 6.07) is 6.67. The van der Waals surface area contributed by atoms with Crippen LogP contribution in [0.5, 0.6) is 0 Å². The van der Waals surface area contributed by atoms with E-state index in [-0.39, 0.29) is 16.3 Å². The van der Waals surface area contributed by atoms with E-state index in [1.165, 1.54) is 18.3 Å². The Hall–Kier alpha value is -1.85. The zero-order valence-corrected chi connectivity index (χ0v) is 13.2. The van der Waals surface area contributed by atoms with Gasteiger partial charge in [-0.05, 0) is 25.1 Å². The number of aromatic nitrogens is 2. The molecule has 0 amide bonds. The Morgan fingerprint density at radius 3 is 2.70 bits per heavy atom. The second-order valence-corrected chi connectivity index (χ2v) is 6.69. The molecule has 0 saturated carbocycles. The van der Waals surface area contributed by atoms with Crippen LogP contribution in [-0.2, 0) is 17.1 Å². The lowest BCUT2D eigenvalue weighted by Crippen LogP contribution is -2.14. The number of hydrogen-bond donors (Lipinski definition) is 1. The van der Waals surface area contributed by atoms with Crippen molar-refractivity contribution in [3.63, 3.8) is 0 Å². The van der Waals surface area contributed by atoms with Crippen molar-refractivity contribution < 1.29 is 8.42 Å². The van der Waals surface area contributed by atoms with Gasteiger partial charge in [-0.1, -0.05) is 15.9 Å². The molecule has 104 valence electrons. The Morgan fingerprint density at radius 2 is 2.15 bits per heavy atom. The van der Waals surface area contributed by atoms with E-state index in [1.807, 2.05) is 6.07 Å². The molecule has 0 aliphatic rings. The molecule has 1 aromatic heterocycles. The number of hydrogen-bond acceptors (Lipinski definition) is 4. The smallest absolute Gasteiger partial charge is 0.280 e. The first-order valence-corrected chi connectivity index (χ1v) is 7.83. The minimum Gasteiger partial charge on any atom is -0.337 e. The van der Waals surface area contributed by atoms with Crippen LogP contribution in [0.15, 0.2) is 33.9 Å². The summed E-state index contributed by atoms with van der Waals surface area (Å²) in [6.07, 6.45) is 1.42. The van der Waals surface area contributed by atoms with Crippen LogP contribution in [0, 0.1) is 18.3 Å². The summed E-state index contributed by atoms with van der Waals surface area (Å²) >= 11 is 3.24. The normalized spacial score (nSPS) is 11.1. The molecule has 0 spiro atoms. The highest BCUT2D eigenvalue weighted by Gasteiger charge is 2.20. The van der Waals surface area contributed by atoms with Gasteiger partial charge in [0.2, 0.25) is 0 Å². The van der Waals surface area contributed by atoms with Gasteiger partial charge in [0.15, 0.2) is 5.03 Å². The van der Waals surface area contributed by atoms with Crippen molar-refractivity contribution >= 4 is 31.6 Å². The zero-order chi connectivity index (χ0) is 14.9. The first-order chi connectivity index (χ1) is 9.33. The molecule has 0 saturated heterocycles. The number of imidazole rings is 1. The molecule has 0 fully saturated rings. The quantitative estimate of drug-likeness (QED) is 0.914. The van der Waals surface area contributed by atoms with Gasteiger partial charge in [-0.2, -0.15) is 13.7 Å². The molecule has 1 N–H and O–H groups in total. The van der Waals surface area contributed by atoms with Crippen LogP contribution < -0.4 is 4.72 Å². The molecule has 8 heteroatoms. The van der Waals surface area contributed by atoms with E-state index in [0.29, 0.717) is 10.3 Å². The standard InChI is InChI=1S/C12H11BrN4O2S/c1-8-15-12(7-17(8)2)20(18,19)16-11-5-10(13)4-3-9(11)6-14/h3-5,7,16H,1-2H3. The lowest BCUT2D eigenvalue weighted by Gasteiger charge is -2.07. The highest BCUT2D eigenvalue weighted by molar-refractivity contribution is 9.10. The molecule has 0 unspecified atom stereocenters. The van der Waals surface area contributed by atoms with Gasteiger partial charge in [0.1, 0.15) is 11.9 Å². The number of anilines is 1. The molecule has 6 nitrogen and oxygen atoms in total. The van der Waals surface area contributed by atoms with E-state index in [2.05, 4.69) is 25.6 Å². The van der Waals surface area contributed by atoms with E-state index >= 15 is 0 Å². The first kappa shape index (κ1) is 14.6. The van der Waals surface area contributed by atoms with E-state index in [0.717, 1.165) is 0 Å². The Balaban J connectivity index is 2.43. The molecular formula is C12H11BrN4O2S. The van der Waals surface area contributed by atoms with Gasteiger partial charge < -0.3 is 4.57 Å². The number of rotatable bonds is 3. The Bertz CT molecular complexity index is 786. The molecule has 1 heterocycles. The molecule has 2 rings (SSSR count). The molecule has 0 aliphatic heterocycles. The molecular weight excluding hydrogens is 344 g/mol. The molecule has 0 radical (unpaired) electrons. The minimum absolute atomic E-state index is 0.0821. The summed E-state index contributed by atoms with van der Waals surface area (Å²) in [6.45, 7) is 1.71. The topological polar surface area (TPSA) is 87.8 Å². The van der Waals surface area contributed by atoms with Crippen molar-refractivity contribution in [3.8, 4) is 6.07 Å². The summed E-state index contributed by atoms with van der Waals surface area (Å²) in [4.78, 5) is 3.97. The monoisotopic (exact) mass is 354 g/mol. The molecule has 0 bridgehead atoms. The molecule has 0 atom stereocenters. The van der Waals surface area contributed by atoms with Crippen LogP contribution in [-0.4, -0.2) is 18.0 Å². The van der Waals surface area contributed by atoms with E-state index in [4.69, 9.17) is 5.26 Å². The fourth-order valence-electron chi connectivity index (χ4n) is 1.55. The van der Waals surface area contributed by atoms with Crippen LogP contribution in [0.25, 0.3) is 0 Å². The van der Waals surface area contributed by atoms with Crippen molar-refractivity contribution in [3.05, 3.63) is 40.3 Å². The largest absolute Gasteiger partial charge is 0.337 e. The van der Waals surface area contributed by atoms with Crippen LogP contribution in [0.3, 0.4) is 0 Å². The van der Waals surface area contributed by atoms with Crippen LogP contribution in [0.4, 0.5) is 5.69 Å². The lowest BCUT2D eigenvalue weighted by molar-refractivity contribution is 0.598.